The summed E-state index contributed by atoms with van der Waals surface area (Å²) in [5.74, 6) is 0.998. The Morgan fingerprint density at radius 1 is 1.13 bits per heavy atom. The van der Waals surface area contributed by atoms with Crippen molar-refractivity contribution < 1.29 is 4.79 Å². The van der Waals surface area contributed by atoms with Crippen molar-refractivity contribution in [2.75, 3.05) is 18.4 Å². The van der Waals surface area contributed by atoms with E-state index in [4.69, 9.17) is 11.6 Å². The first kappa shape index (κ1) is 21.7. The molecule has 30 heavy (non-hydrogen) atoms. The van der Waals surface area contributed by atoms with Gasteiger partial charge in [-0.3, -0.25) is 4.79 Å². The minimum absolute atomic E-state index is 0.102. The number of amides is 1. The van der Waals surface area contributed by atoms with Crippen molar-refractivity contribution in [3.63, 3.8) is 0 Å². The van der Waals surface area contributed by atoms with Crippen molar-refractivity contribution >= 4 is 23.5 Å². The lowest BCUT2D eigenvalue weighted by Gasteiger charge is -2.14. The molecule has 0 bridgehead atoms. The molecule has 1 atom stereocenters. The number of aromatic nitrogens is 5. The Labute approximate surface area is 181 Å². The summed E-state index contributed by atoms with van der Waals surface area (Å²) in [6.07, 6.45) is 9.26. The van der Waals surface area contributed by atoms with Crippen LogP contribution in [0.1, 0.15) is 42.1 Å². The highest BCUT2D eigenvalue weighted by Gasteiger charge is 2.16. The Kier molecular flexibility index (Phi) is 7.73. The molecule has 0 saturated heterocycles. The normalized spacial score (nSPS) is 11.8. The molecule has 1 unspecified atom stereocenters. The van der Waals surface area contributed by atoms with Gasteiger partial charge in [-0.15, -0.1) is 0 Å². The number of aryl methyl sites for hydroxylation is 1. The number of halogens is 1. The van der Waals surface area contributed by atoms with Gasteiger partial charge < -0.3 is 10.6 Å². The molecule has 158 valence electrons. The zero-order chi connectivity index (χ0) is 21.3. The van der Waals surface area contributed by atoms with E-state index in [1.165, 1.54) is 4.80 Å². The van der Waals surface area contributed by atoms with Gasteiger partial charge in [0.05, 0.1) is 41.1 Å². The third-order valence-electron chi connectivity index (χ3n) is 4.81. The van der Waals surface area contributed by atoms with Crippen LogP contribution in [-0.4, -0.2) is 44.0 Å². The van der Waals surface area contributed by atoms with Crippen molar-refractivity contribution in [3.05, 3.63) is 59.1 Å². The van der Waals surface area contributed by atoms with Crippen LogP contribution < -0.4 is 10.6 Å². The first-order valence-corrected chi connectivity index (χ1v) is 10.4. The maximum Gasteiger partial charge on any atom is 0.253 e. The summed E-state index contributed by atoms with van der Waals surface area (Å²) in [6.45, 7) is 5.53. The molecule has 0 spiro atoms. The van der Waals surface area contributed by atoms with Crippen LogP contribution in [0.5, 0.6) is 0 Å². The van der Waals surface area contributed by atoms with E-state index in [1.807, 2.05) is 25.1 Å². The molecule has 1 aromatic carbocycles. The maximum absolute atomic E-state index is 12.8. The van der Waals surface area contributed by atoms with Crippen LogP contribution in [0.25, 0.3) is 5.69 Å². The number of nitrogens with zero attached hydrogens (tertiary/aromatic N) is 5. The topological polar surface area (TPSA) is 97.6 Å². The highest BCUT2D eigenvalue weighted by Crippen LogP contribution is 2.17. The molecule has 2 aromatic heterocycles. The lowest BCUT2D eigenvalue weighted by Crippen LogP contribution is -2.27. The van der Waals surface area contributed by atoms with Gasteiger partial charge in [0.2, 0.25) is 5.95 Å². The van der Waals surface area contributed by atoms with Gasteiger partial charge in [-0.2, -0.15) is 15.0 Å². The first-order chi connectivity index (χ1) is 14.5. The largest absolute Gasteiger partial charge is 0.354 e. The molecule has 3 rings (SSSR count). The Balaban J connectivity index is 1.41. The number of carbonyl (C=O) groups excluding carboxylic acids is 1. The summed E-state index contributed by atoms with van der Waals surface area (Å²) < 4.78 is 0. The van der Waals surface area contributed by atoms with Crippen LogP contribution in [0.2, 0.25) is 5.02 Å². The highest BCUT2D eigenvalue weighted by molar-refractivity contribution is 6.30. The number of benzene rings is 1. The summed E-state index contributed by atoms with van der Waals surface area (Å²) in [6, 6.07) is 5.67. The average Bonchev–Trinajstić information content (AvgIpc) is 3.27. The molecule has 0 saturated carbocycles. The summed E-state index contributed by atoms with van der Waals surface area (Å²) in [5, 5.41) is 15.0. The lowest BCUT2D eigenvalue weighted by atomic mass is 10.0. The SMILES string of the molecule is Cc1cccc(-n2nccn2)c1C(=O)NCCCC(C)CCNc1ncc(Cl)cn1. The van der Waals surface area contributed by atoms with Gasteiger partial charge in [0, 0.05) is 13.1 Å². The molecule has 3 aromatic rings. The van der Waals surface area contributed by atoms with Crippen molar-refractivity contribution in [2.45, 2.75) is 33.1 Å². The fourth-order valence-corrected chi connectivity index (χ4v) is 3.27. The molecule has 1 amide bonds. The molecular formula is C21H26ClN7O. The molecule has 2 N–H and O–H groups in total. The van der Waals surface area contributed by atoms with Crippen molar-refractivity contribution in [1.29, 1.82) is 0 Å². The van der Waals surface area contributed by atoms with E-state index in [2.05, 4.69) is 37.7 Å². The first-order valence-electron chi connectivity index (χ1n) is 10.0. The van der Waals surface area contributed by atoms with Crippen LogP contribution in [0.3, 0.4) is 0 Å². The summed E-state index contributed by atoms with van der Waals surface area (Å²) in [5.41, 5.74) is 2.18. The van der Waals surface area contributed by atoms with Gasteiger partial charge in [-0.25, -0.2) is 9.97 Å². The molecule has 0 fully saturated rings. The highest BCUT2D eigenvalue weighted by atomic mass is 35.5. The quantitative estimate of drug-likeness (QED) is 0.479. The summed E-state index contributed by atoms with van der Waals surface area (Å²) in [7, 11) is 0. The fourth-order valence-electron chi connectivity index (χ4n) is 3.17. The number of carbonyl (C=O) groups is 1. The van der Waals surface area contributed by atoms with E-state index < -0.39 is 0 Å². The Morgan fingerprint density at radius 3 is 2.60 bits per heavy atom. The third kappa shape index (κ3) is 6.00. The van der Waals surface area contributed by atoms with E-state index in [9.17, 15) is 4.79 Å². The van der Waals surface area contributed by atoms with Crippen molar-refractivity contribution in [3.8, 4) is 5.69 Å². The lowest BCUT2D eigenvalue weighted by molar-refractivity contribution is 0.0951. The minimum Gasteiger partial charge on any atom is -0.354 e. The second kappa shape index (κ2) is 10.7. The smallest absolute Gasteiger partial charge is 0.253 e. The van der Waals surface area contributed by atoms with Gasteiger partial charge in [0.1, 0.15) is 0 Å². The molecule has 0 aliphatic carbocycles. The second-order valence-corrected chi connectivity index (χ2v) is 7.67. The van der Waals surface area contributed by atoms with Crippen LogP contribution in [0.15, 0.2) is 43.0 Å². The fraction of sp³-hybridized carbons (Fsp3) is 0.381. The second-order valence-electron chi connectivity index (χ2n) is 7.23. The molecule has 0 aliphatic rings. The average molecular weight is 428 g/mol. The van der Waals surface area contributed by atoms with Crippen LogP contribution in [0, 0.1) is 12.8 Å². The van der Waals surface area contributed by atoms with E-state index >= 15 is 0 Å². The van der Waals surface area contributed by atoms with Crippen LogP contribution >= 0.6 is 11.6 Å². The van der Waals surface area contributed by atoms with Gasteiger partial charge in [-0.05, 0) is 43.7 Å². The molecule has 9 heteroatoms. The van der Waals surface area contributed by atoms with Crippen molar-refractivity contribution in [1.82, 2.24) is 30.3 Å². The van der Waals surface area contributed by atoms with Gasteiger partial charge in [-0.1, -0.05) is 30.7 Å². The van der Waals surface area contributed by atoms with Gasteiger partial charge >= 0.3 is 0 Å². The standard InChI is InChI=1S/C21H26ClN7O/c1-15(8-10-24-21-25-13-17(22)14-26-21)5-4-9-23-20(30)19-16(2)6-3-7-18(19)29-27-11-12-28-29/h3,6-7,11-15H,4-5,8-10H2,1-2H3,(H,23,30)(H,24,25,26). The Morgan fingerprint density at radius 2 is 1.87 bits per heavy atom. The van der Waals surface area contributed by atoms with Crippen LogP contribution in [0.4, 0.5) is 5.95 Å². The Hall–Kier alpha value is -3.00. The number of hydrogen-bond acceptors (Lipinski definition) is 6. The number of nitrogens with one attached hydrogen (secondary N) is 2. The molecule has 8 nitrogen and oxygen atoms in total. The Bertz CT molecular complexity index is 944. The maximum atomic E-state index is 12.8. The van der Waals surface area contributed by atoms with E-state index in [0.29, 0.717) is 34.7 Å². The number of rotatable bonds is 10. The van der Waals surface area contributed by atoms with E-state index in [1.54, 1.807) is 24.8 Å². The van der Waals surface area contributed by atoms with Crippen LogP contribution in [-0.2, 0) is 0 Å². The summed E-state index contributed by atoms with van der Waals surface area (Å²) >= 11 is 5.78. The molecule has 0 radical (unpaired) electrons. The van der Waals surface area contributed by atoms with E-state index in [0.717, 1.165) is 31.4 Å². The van der Waals surface area contributed by atoms with E-state index in [-0.39, 0.29) is 5.91 Å². The zero-order valence-electron chi connectivity index (χ0n) is 17.2. The number of hydrogen-bond donors (Lipinski definition) is 2. The molecule has 0 aliphatic heterocycles. The molecule has 2 heterocycles. The zero-order valence-corrected chi connectivity index (χ0v) is 17.9. The summed E-state index contributed by atoms with van der Waals surface area (Å²) in [4.78, 5) is 22.5. The van der Waals surface area contributed by atoms with Crippen molar-refractivity contribution in [2.24, 2.45) is 5.92 Å². The molecular weight excluding hydrogens is 402 g/mol. The number of anilines is 1. The monoisotopic (exact) mass is 427 g/mol. The third-order valence-corrected chi connectivity index (χ3v) is 5.01. The van der Waals surface area contributed by atoms with Gasteiger partial charge in [0.25, 0.3) is 5.91 Å². The van der Waals surface area contributed by atoms with Gasteiger partial charge in [0.15, 0.2) is 0 Å². The predicted octanol–water partition coefficient (Wildman–Crippen LogP) is 3.67. The minimum atomic E-state index is -0.102. The predicted molar refractivity (Wildman–Crippen MR) is 117 cm³/mol.